The summed E-state index contributed by atoms with van der Waals surface area (Å²) in [4.78, 5) is 69.1. The number of benzene rings is 1. The largest absolute Gasteiger partial charge is 0.490 e. The van der Waals surface area contributed by atoms with Crippen molar-refractivity contribution < 1.29 is 62.2 Å². The maximum atomic E-state index is 13.3. The molecule has 2 unspecified atom stereocenters. The summed E-state index contributed by atoms with van der Waals surface area (Å²) < 4.78 is 31.7. The van der Waals surface area contributed by atoms with Crippen LogP contribution in [0.2, 0.25) is 0 Å². The van der Waals surface area contributed by atoms with Crippen LogP contribution in [0.5, 0.6) is 0 Å². The van der Waals surface area contributed by atoms with Crippen molar-refractivity contribution in [2.75, 3.05) is 20.2 Å². The minimum Gasteiger partial charge on any atom is -0.479 e. The molecule has 0 bridgehead atoms. The van der Waals surface area contributed by atoms with Gasteiger partial charge in [0.15, 0.2) is 18.2 Å². The summed E-state index contributed by atoms with van der Waals surface area (Å²) in [6.45, 7) is 0.618. The third-order valence-corrected chi connectivity index (χ3v) is 6.96. The summed E-state index contributed by atoms with van der Waals surface area (Å²) in [5.74, 6) is -6.57. The van der Waals surface area contributed by atoms with Crippen molar-refractivity contribution in [2.24, 2.45) is 0 Å². The van der Waals surface area contributed by atoms with Crippen LogP contribution in [0.1, 0.15) is 41.6 Å². The van der Waals surface area contributed by atoms with E-state index in [0.717, 1.165) is 23.4 Å². The zero-order valence-corrected chi connectivity index (χ0v) is 20.8. The Morgan fingerprint density at radius 1 is 1.15 bits per heavy atom. The number of carbonyl (C=O) groups is 5. The van der Waals surface area contributed by atoms with Crippen molar-refractivity contribution in [3.63, 3.8) is 0 Å². The summed E-state index contributed by atoms with van der Waals surface area (Å²) in [7, 11) is 1.48. The number of fused-ring (bicyclic) bond motifs is 2. The highest BCUT2D eigenvalue weighted by molar-refractivity contribution is 7.14. The molecule has 2 atom stereocenters. The molecule has 210 valence electrons. The lowest BCUT2D eigenvalue weighted by molar-refractivity contribution is -0.333. The number of thiophene rings is 1. The highest BCUT2D eigenvalue weighted by Gasteiger charge is 2.63. The highest BCUT2D eigenvalue weighted by Crippen LogP contribution is 2.53. The van der Waals surface area contributed by atoms with E-state index in [0.29, 0.717) is 11.4 Å². The molecular weight excluding hydrogens is 553 g/mol. The molecule has 5 N–H and O–H groups in total. The molecule has 1 aromatic carbocycles. The summed E-state index contributed by atoms with van der Waals surface area (Å²) in [6.07, 6.45) is -4.27. The van der Waals surface area contributed by atoms with E-state index in [9.17, 15) is 37.5 Å². The van der Waals surface area contributed by atoms with Gasteiger partial charge in [0.25, 0.3) is 5.60 Å². The fourth-order valence-corrected chi connectivity index (χ4v) is 5.06. The van der Waals surface area contributed by atoms with Gasteiger partial charge in [0, 0.05) is 34.7 Å². The SMILES string of the molecule is CNC(C(=O)c1cc2c(s1)CCNC2)C(=O)c1cccc2c1C2(OOCC(=O)O)C(=O)O.O=C(O)C(F)(F)F. The van der Waals surface area contributed by atoms with Crippen molar-refractivity contribution >= 4 is 40.8 Å². The van der Waals surface area contributed by atoms with Crippen LogP contribution in [-0.2, 0) is 42.7 Å². The first-order chi connectivity index (χ1) is 18.2. The lowest BCUT2D eigenvalue weighted by Crippen LogP contribution is -2.41. The standard InChI is InChI=1S/C21H20N2O8S.C2HF3O2/c1-22-17(19(27)14-7-10-8-23-6-5-13(10)32-14)18(26)11-3-2-4-12-16(11)21(12,20(28)29)31-30-9-15(24)25;3-2(4,5)1(6)7/h2-4,7,17,22-23H,5-6,8-9H2,1H3,(H,24,25)(H,28,29);(H,6,7). The zero-order chi connectivity index (χ0) is 29.1. The van der Waals surface area contributed by atoms with E-state index in [-0.39, 0.29) is 16.7 Å². The van der Waals surface area contributed by atoms with Crippen molar-refractivity contribution in [1.29, 1.82) is 0 Å². The summed E-state index contributed by atoms with van der Waals surface area (Å²) in [5, 5.41) is 31.5. The van der Waals surface area contributed by atoms with Crippen LogP contribution in [0.15, 0.2) is 24.3 Å². The van der Waals surface area contributed by atoms with Gasteiger partial charge in [-0.1, -0.05) is 18.2 Å². The fourth-order valence-electron chi connectivity index (χ4n) is 3.91. The monoisotopic (exact) mass is 574 g/mol. The molecule has 2 heterocycles. The predicted molar refractivity (Wildman–Crippen MR) is 124 cm³/mol. The van der Waals surface area contributed by atoms with E-state index in [1.165, 1.54) is 36.6 Å². The van der Waals surface area contributed by atoms with Crippen molar-refractivity contribution in [1.82, 2.24) is 10.6 Å². The normalized spacial score (nSPS) is 18.1. The third-order valence-electron chi connectivity index (χ3n) is 5.71. The van der Waals surface area contributed by atoms with Crippen LogP contribution >= 0.6 is 11.3 Å². The minimum absolute atomic E-state index is 0.000453. The maximum Gasteiger partial charge on any atom is 0.490 e. The number of likely N-dealkylation sites (N-methyl/N-ethyl adjacent to an activating group) is 1. The molecule has 0 spiro atoms. The number of Topliss-reactive ketones (excluding diaryl/α,β-unsaturated/α-hetero) is 2. The smallest absolute Gasteiger partial charge is 0.479 e. The highest BCUT2D eigenvalue weighted by atomic mass is 32.1. The fraction of sp³-hybridized carbons (Fsp3) is 0.348. The van der Waals surface area contributed by atoms with Crippen molar-refractivity contribution in [3.05, 3.63) is 56.3 Å². The van der Waals surface area contributed by atoms with Gasteiger partial charge in [0.1, 0.15) is 6.04 Å². The molecule has 12 nitrogen and oxygen atoms in total. The predicted octanol–water partition coefficient (Wildman–Crippen LogP) is 1.36. The van der Waals surface area contributed by atoms with Gasteiger partial charge in [-0.3, -0.25) is 9.59 Å². The summed E-state index contributed by atoms with van der Waals surface area (Å²) in [6, 6.07) is 4.90. The summed E-state index contributed by atoms with van der Waals surface area (Å²) >= 11 is 1.36. The molecule has 0 saturated heterocycles. The molecule has 1 aliphatic heterocycles. The Hall–Kier alpha value is -3.70. The number of halogens is 3. The Kier molecular flexibility index (Phi) is 8.87. The van der Waals surface area contributed by atoms with E-state index < -0.39 is 53.9 Å². The van der Waals surface area contributed by atoms with Crippen LogP contribution in [-0.4, -0.2) is 77.2 Å². The van der Waals surface area contributed by atoms with E-state index in [1.807, 2.05) is 0 Å². The van der Waals surface area contributed by atoms with Gasteiger partial charge in [-0.2, -0.15) is 13.2 Å². The second-order valence-corrected chi connectivity index (χ2v) is 9.33. The number of alkyl halides is 3. The van der Waals surface area contributed by atoms with E-state index in [2.05, 4.69) is 15.5 Å². The van der Waals surface area contributed by atoms with Crippen molar-refractivity contribution in [2.45, 2.75) is 30.8 Å². The second kappa shape index (κ2) is 11.6. The Labute approximate surface area is 221 Å². The minimum atomic E-state index is -5.08. The first-order valence-electron chi connectivity index (χ1n) is 11.0. The van der Waals surface area contributed by atoms with Gasteiger partial charge < -0.3 is 26.0 Å². The molecule has 2 aromatic rings. The molecule has 1 aliphatic carbocycles. The first kappa shape index (κ1) is 29.9. The molecular formula is C23H21F3N2O10S. The molecule has 0 radical (unpaired) electrons. The Bertz CT molecular complexity index is 1300. The van der Waals surface area contributed by atoms with Gasteiger partial charge in [-0.05, 0) is 25.1 Å². The van der Waals surface area contributed by atoms with Crippen molar-refractivity contribution in [3.8, 4) is 0 Å². The van der Waals surface area contributed by atoms with Gasteiger partial charge in [-0.15, -0.1) is 11.3 Å². The quantitative estimate of drug-likeness (QED) is 0.119. The second-order valence-electron chi connectivity index (χ2n) is 8.19. The number of hydrogen-bond donors (Lipinski definition) is 5. The molecule has 4 rings (SSSR count). The Balaban J connectivity index is 0.000000532. The lowest BCUT2D eigenvalue weighted by Gasteiger charge is -2.14. The van der Waals surface area contributed by atoms with Crippen LogP contribution in [0, 0.1) is 0 Å². The Morgan fingerprint density at radius 3 is 2.36 bits per heavy atom. The van der Waals surface area contributed by atoms with Crippen LogP contribution < -0.4 is 10.6 Å². The van der Waals surface area contributed by atoms with E-state index in [1.54, 1.807) is 6.07 Å². The topological polar surface area (TPSA) is 189 Å². The van der Waals surface area contributed by atoms with Crippen LogP contribution in [0.3, 0.4) is 0 Å². The number of ketones is 2. The van der Waals surface area contributed by atoms with Gasteiger partial charge in [-0.25, -0.2) is 24.2 Å². The molecule has 0 fully saturated rings. The molecule has 0 amide bonds. The molecule has 2 aliphatic rings. The molecule has 1 aromatic heterocycles. The number of aliphatic carboxylic acids is 3. The zero-order valence-electron chi connectivity index (χ0n) is 20.0. The first-order valence-corrected chi connectivity index (χ1v) is 11.8. The molecule has 0 saturated carbocycles. The number of hydrogen-bond acceptors (Lipinski definition) is 10. The third kappa shape index (κ3) is 6.15. The number of carboxylic acids is 3. The molecule has 16 heteroatoms. The number of carbonyl (C=O) groups excluding carboxylic acids is 2. The number of carboxylic acid groups (broad SMARTS) is 3. The Morgan fingerprint density at radius 2 is 1.82 bits per heavy atom. The lowest BCUT2D eigenvalue weighted by atomic mass is 9.98. The number of nitrogens with one attached hydrogen (secondary N) is 2. The summed E-state index contributed by atoms with van der Waals surface area (Å²) in [5.41, 5.74) is -0.835. The van der Waals surface area contributed by atoms with E-state index >= 15 is 0 Å². The van der Waals surface area contributed by atoms with Gasteiger partial charge in [0.05, 0.1) is 4.88 Å². The maximum absolute atomic E-state index is 13.3. The van der Waals surface area contributed by atoms with Gasteiger partial charge >= 0.3 is 24.1 Å². The number of rotatable bonds is 10. The van der Waals surface area contributed by atoms with Crippen LogP contribution in [0.25, 0.3) is 0 Å². The van der Waals surface area contributed by atoms with E-state index in [4.69, 9.17) is 19.9 Å². The van der Waals surface area contributed by atoms with Crippen LogP contribution in [0.4, 0.5) is 13.2 Å². The van der Waals surface area contributed by atoms with Gasteiger partial charge in [0.2, 0.25) is 0 Å². The average Bonchev–Trinajstić information content (AvgIpc) is 3.32. The average molecular weight is 574 g/mol. The molecule has 39 heavy (non-hydrogen) atoms.